The minimum Gasteiger partial charge on any atom is -0.378 e. The van der Waals surface area contributed by atoms with Gasteiger partial charge in [-0.2, -0.15) is 0 Å². The van der Waals surface area contributed by atoms with E-state index in [1.54, 1.807) is 17.0 Å². The van der Waals surface area contributed by atoms with Gasteiger partial charge in [0.05, 0.1) is 17.2 Å². The summed E-state index contributed by atoms with van der Waals surface area (Å²) in [7, 11) is 1.45. The number of ether oxygens (including phenoxy) is 1. The number of nitrogens with zero attached hydrogens (tertiary/aromatic N) is 2. The molecular weight excluding hydrogens is 322 g/mol. The second-order valence-electron chi connectivity index (χ2n) is 6.43. The Morgan fingerprint density at radius 1 is 1.20 bits per heavy atom. The smallest absolute Gasteiger partial charge is 0.261 e. The fourth-order valence-corrected chi connectivity index (χ4v) is 3.24. The third-order valence-corrected chi connectivity index (χ3v) is 4.77. The van der Waals surface area contributed by atoms with Crippen molar-refractivity contribution in [1.29, 1.82) is 0 Å². The summed E-state index contributed by atoms with van der Waals surface area (Å²) >= 11 is 0. The number of likely N-dealkylation sites (tertiary alicyclic amines) is 1. The summed E-state index contributed by atoms with van der Waals surface area (Å²) in [5, 5.41) is 0. The van der Waals surface area contributed by atoms with Crippen LogP contribution in [0.3, 0.4) is 0 Å². The Labute approximate surface area is 146 Å². The number of fused-ring (bicyclic) bond motifs is 1. The predicted molar refractivity (Wildman–Crippen MR) is 91.4 cm³/mol. The molecule has 2 heterocycles. The van der Waals surface area contributed by atoms with Gasteiger partial charge in [-0.1, -0.05) is 0 Å². The van der Waals surface area contributed by atoms with Gasteiger partial charge in [0.25, 0.3) is 17.7 Å². The molecule has 0 aliphatic carbocycles. The number of carbonyl (C=O) groups excluding carboxylic acids is 3. The lowest BCUT2D eigenvalue weighted by atomic mass is 10.0. The molecule has 0 spiro atoms. The molecule has 7 nitrogen and oxygen atoms in total. The fourth-order valence-electron chi connectivity index (χ4n) is 3.24. The maximum Gasteiger partial charge on any atom is 0.261 e. The van der Waals surface area contributed by atoms with Crippen molar-refractivity contribution in [3.8, 4) is 0 Å². The first-order valence-electron chi connectivity index (χ1n) is 8.60. The van der Waals surface area contributed by atoms with Crippen LogP contribution in [0.2, 0.25) is 0 Å². The molecule has 0 radical (unpaired) electrons. The maximum absolute atomic E-state index is 12.7. The highest BCUT2D eigenvalue weighted by Gasteiger charge is 2.34. The van der Waals surface area contributed by atoms with Crippen LogP contribution < -0.4 is 5.73 Å². The molecule has 134 valence electrons. The van der Waals surface area contributed by atoms with E-state index in [9.17, 15) is 14.4 Å². The third-order valence-electron chi connectivity index (χ3n) is 4.77. The number of hydrogen-bond donors (Lipinski definition) is 1. The molecule has 1 saturated heterocycles. The number of carbonyl (C=O) groups is 3. The molecule has 0 saturated carbocycles. The van der Waals surface area contributed by atoms with Crippen LogP contribution in [0.1, 0.15) is 50.3 Å². The van der Waals surface area contributed by atoms with E-state index in [4.69, 9.17) is 10.5 Å². The molecule has 0 aromatic heterocycles. The number of rotatable bonds is 5. The molecular formula is C18H23N3O4. The van der Waals surface area contributed by atoms with Crippen LogP contribution in [0.5, 0.6) is 0 Å². The summed E-state index contributed by atoms with van der Waals surface area (Å²) in [6.45, 7) is 2.52. The van der Waals surface area contributed by atoms with Gasteiger partial charge in [0, 0.05) is 32.3 Å². The normalized spacial score (nSPS) is 18.0. The lowest BCUT2D eigenvalue weighted by Crippen LogP contribution is -2.41. The molecule has 0 unspecified atom stereocenters. The van der Waals surface area contributed by atoms with E-state index < -0.39 is 0 Å². The number of imide groups is 1. The third kappa shape index (κ3) is 3.43. The SMILES string of the molecule is CN1C(=O)c2ccc(C(=O)N3CCC(OCCCN)CC3)cc2C1=O. The standard InChI is InChI=1S/C18H23N3O4/c1-20-17(23)14-4-3-12(11-15(14)18(20)24)16(22)21-8-5-13(6-9-21)25-10-2-7-19/h3-4,11,13H,2,5-10,19H2,1H3. The molecule has 25 heavy (non-hydrogen) atoms. The van der Waals surface area contributed by atoms with Gasteiger partial charge in [0.15, 0.2) is 0 Å². The Hall–Kier alpha value is -2.25. The van der Waals surface area contributed by atoms with Gasteiger partial charge < -0.3 is 15.4 Å². The average Bonchev–Trinajstić information content (AvgIpc) is 2.86. The van der Waals surface area contributed by atoms with Crippen molar-refractivity contribution in [3.63, 3.8) is 0 Å². The Morgan fingerprint density at radius 3 is 2.56 bits per heavy atom. The highest BCUT2D eigenvalue weighted by Crippen LogP contribution is 2.24. The molecule has 1 aromatic carbocycles. The van der Waals surface area contributed by atoms with Gasteiger partial charge in [-0.3, -0.25) is 19.3 Å². The Bertz CT molecular complexity index is 696. The van der Waals surface area contributed by atoms with Gasteiger partial charge >= 0.3 is 0 Å². The second kappa shape index (κ2) is 7.33. The minimum atomic E-state index is -0.360. The highest BCUT2D eigenvalue weighted by molar-refractivity contribution is 6.21. The van der Waals surface area contributed by atoms with Gasteiger partial charge in [0.1, 0.15) is 0 Å². The van der Waals surface area contributed by atoms with Gasteiger partial charge in [-0.05, 0) is 44.0 Å². The van der Waals surface area contributed by atoms with Crippen LogP contribution in [0.4, 0.5) is 0 Å². The van der Waals surface area contributed by atoms with Crippen LogP contribution in [0, 0.1) is 0 Å². The maximum atomic E-state index is 12.7. The van der Waals surface area contributed by atoms with E-state index in [1.807, 2.05) is 0 Å². The Morgan fingerprint density at radius 2 is 1.88 bits per heavy atom. The quantitative estimate of drug-likeness (QED) is 0.632. The summed E-state index contributed by atoms with van der Waals surface area (Å²) in [5.74, 6) is -0.797. The Balaban J connectivity index is 1.64. The molecule has 0 atom stereocenters. The molecule has 2 aliphatic heterocycles. The lowest BCUT2D eigenvalue weighted by Gasteiger charge is -2.32. The molecule has 3 amide bonds. The molecule has 2 N–H and O–H groups in total. The number of piperidine rings is 1. The molecule has 7 heteroatoms. The van der Waals surface area contributed by atoms with E-state index in [0.29, 0.717) is 42.9 Å². The second-order valence-corrected chi connectivity index (χ2v) is 6.43. The largest absolute Gasteiger partial charge is 0.378 e. The summed E-state index contributed by atoms with van der Waals surface area (Å²) in [5.41, 5.74) is 6.56. The molecule has 0 bridgehead atoms. The highest BCUT2D eigenvalue weighted by atomic mass is 16.5. The van der Waals surface area contributed by atoms with E-state index >= 15 is 0 Å². The van der Waals surface area contributed by atoms with Crippen LogP contribution >= 0.6 is 0 Å². The summed E-state index contributed by atoms with van der Waals surface area (Å²) in [4.78, 5) is 39.5. The van der Waals surface area contributed by atoms with E-state index in [1.165, 1.54) is 13.1 Å². The first-order chi connectivity index (χ1) is 12.0. The number of amides is 3. The summed E-state index contributed by atoms with van der Waals surface area (Å²) < 4.78 is 5.75. The lowest BCUT2D eigenvalue weighted by molar-refractivity contribution is 0.00844. The van der Waals surface area contributed by atoms with Crippen molar-refractivity contribution in [3.05, 3.63) is 34.9 Å². The first-order valence-corrected chi connectivity index (χ1v) is 8.60. The average molecular weight is 345 g/mol. The summed E-state index contributed by atoms with van der Waals surface area (Å²) in [6, 6.07) is 4.72. The van der Waals surface area contributed by atoms with Crippen molar-refractivity contribution in [2.75, 3.05) is 33.3 Å². The Kier molecular flexibility index (Phi) is 5.15. The molecule has 1 aromatic rings. The number of nitrogens with two attached hydrogens (primary N) is 1. The van der Waals surface area contributed by atoms with E-state index in [0.717, 1.165) is 24.2 Å². The summed E-state index contributed by atoms with van der Waals surface area (Å²) in [6.07, 6.45) is 2.60. The van der Waals surface area contributed by atoms with Crippen molar-refractivity contribution in [1.82, 2.24) is 9.80 Å². The van der Waals surface area contributed by atoms with Gasteiger partial charge in [-0.25, -0.2) is 0 Å². The zero-order valence-corrected chi connectivity index (χ0v) is 14.4. The molecule has 2 aliphatic rings. The van der Waals surface area contributed by atoms with Gasteiger partial charge in [0.2, 0.25) is 0 Å². The van der Waals surface area contributed by atoms with Crippen LogP contribution in [0.25, 0.3) is 0 Å². The predicted octanol–water partition coefficient (Wildman–Crippen LogP) is 0.882. The van der Waals surface area contributed by atoms with E-state index in [2.05, 4.69) is 0 Å². The van der Waals surface area contributed by atoms with Crippen LogP contribution in [-0.4, -0.2) is 66.9 Å². The van der Waals surface area contributed by atoms with Crippen LogP contribution in [-0.2, 0) is 4.74 Å². The van der Waals surface area contributed by atoms with Crippen molar-refractivity contribution < 1.29 is 19.1 Å². The number of benzene rings is 1. The van der Waals surface area contributed by atoms with Crippen molar-refractivity contribution in [2.45, 2.75) is 25.4 Å². The van der Waals surface area contributed by atoms with E-state index in [-0.39, 0.29) is 23.8 Å². The fraction of sp³-hybridized carbons (Fsp3) is 0.500. The zero-order chi connectivity index (χ0) is 18.0. The van der Waals surface area contributed by atoms with Gasteiger partial charge in [-0.15, -0.1) is 0 Å². The minimum absolute atomic E-state index is 0.113. The first kappa shape index (κ1) is 17.6. The number of hydrogen-bond acceptors (Lipinski definition) is 5. The molecule has 1 fully saturated rings. The van der Waals surface area contributed by atoms with Crippen molar-refractivity contribution >= 4 is 17.7 Å². The zero-order valence-electron chi connectivity index (χ0n) is 14.4. The monoisotopic (exact) mass is 345 g/mol. The topological polar surface area (TPSA) is 92.9 Å². The van der Waals surface area contributed by atoms with Crippen LogP contribution in [0.15, 0.2) is 18.2 Å². The molecule has 3 rings (SSSR count). The van der Waals surface area contributed by atoms with Crippen molar-refractivity contribution in [2.24, 2.45) is 5.73 Å².